The first-order valence-corrected chi connectivity index (χ1v) is 19.9. The van der Waals surface area contributed by atoms with Gasteiger partial charge in [-0.1, -0.05) is 76.2 Å². The Hall–Kier alpha value is -4.69. The van der Waals surface area contributed by atoms with Gasteiger partial charge in [0.25, 0.3) is 0 Å². The van der Waals surface area contributed by atoms with Crippen LogP contribution in [0.1, 0.15) is 63.6 Å². The smallest absolute Gasteiger partial charge is 0.323 e. The van der Waals surface area contributed by atoms with Crippen molar-refractivity contribution >= 4 is 17.8 Å². The Morgan fingerprint density at radius 2 is 1.42 bits per heavy atom. The standard InChI is InChI=1S/C44H62N4O9/c1-29(2)41(45)43(50)48-26-38(56-25-24-55-37-15-10-7-12-32(37)20-21-47-31(5)49)40(39(27-48)57-44(51)42(46)30(3)4)33-16-18-35(19-17-33)54-23-11-22-53-28-34-13-8-9-14-36(34)52-6/h7-10,12-19,29-30,38-42H,11,20-28,45-46H2,1-6H3,(H,47,49)/t38-,39+,40+,41-,42-/m0/s1. The van der Waals surface area contributed by atoms with Gasteiger partial charge in [-0.25, -0.2) is 0 Å². The lowest BCUT2D eigenvalue weighted by atomic mass is 9.83. The SMILES string of the molecule is COc1ccccc1COCCCOc1ccc([C@@H]2[C@@H](OCCOc3ccccc3CCNC(C)=O)CN(C(=O)[C@@H](N)C(C)C)C[C@H]2OC(=O)[C@@H](N)C(C)C)cc1. The second kappa shape index (κ2) is 22.9. The van der Waals surface area contributed by atoms with Gasteiger partial charge in [0, 0.05) is 32.0 Å². The zero-order valence-electron chi connectivity index (χ0n) is 34.3. The number of amides is 2. The number of benzene rings is 3. The Labute approximate surface area is 337 Å². The van der Waals surface area contributed by atoms with E-state index < -0.39 is 36.2 Å². The van der Waals surface area contributed by atoms with Crippen LogP contribution in [0.15, 0.2) is 72.8 Å². The lowest BCUT2D eigenvalue weighted by Gasteiger charge is -2.44. The van der Waals surface area contributed by atoms with Crippen LogP contribution in [0.25, 0.3) is 0 Å². The largest absolute Gasteiger partial charge is 0.496 e. The molecule has 3 aromatic rings. The summed E-state index contributed by atoms with van der Waals surface area (Å²) in [5.74, 6) is 0.579. The fourth-order valence-corrected chi connectivity index (χ4v) is 6.56. The van der Waals surface area contributed by atoms with Crippen LogP contribution in [0.3, 0.4) is 0 Å². The Morgan fingerprint density at radius 3 is 2.09 bits per heavy atom. The highest BCUT2D eigenvalue weighted by Crippen LogP contribution is 2.35. The lowest BCUT2D eigenvalue weighted by molar-refractivity contribution is -0.166. The molecule has 5 atom stereocenters. The first-order valence-electron chi connectivity index (χ1n) is 19.9. The van der Waals surface area contributed by atoms with Crippen molar-refractivity contribution in [1.29, 1.82) is 0 Å². The molecule has 13 heteroatoms. The second-order valence-corrected chi connectivity index (χ2v) is 15.0. The van der Waals surface area contributed by atoms with E-state index >= 15 is 0 Å². The van der Waals surface area contributed by atoms with E-state index in [9.17, 15) is 14.4 Å². The summed E-state index contributed by atoms with van der Waals surface area (Å²) in [6.45, 7) is 11.7. The number of para-hydroxylation sites is 2. The van der Waals surface area contributed by atoms with Crippen LogP contribution in [-0.4, -0.2) is 100 Å². The summed E-state index contributed by atoms with van der Waals surface area (Å²) in [5.41, 5.74) is 15.4. The Balaban J connectivity index is 1.48. The van der Waals surface area contributed by atoms with Crippen molar-refractivity contribution < 1.29 is 42.8 Å². The highest BCUT2D eigenvalue weighted by atomic mass is 16.6. The molecule has 13 nitrogen and oxygen atoms in total. The quantitative estimate of drug-likeness (QED) is 0.0957. The Bertz CT molecular complexity index is 1700. The van der Waals surface area contributed by atoms with Crippen LogP contribution in [0.2, 0.25) is 0 Å². The zero-order valence-corrected chi connectivity index (χ0v) is 34.3. The molecule has 5 N–H and O–H groups in total. The molecular formula is C44H62N4O9. The third kappa shape index (κ3) is 13.7. The molecule has 312 valence electrons. The maximum Gasteiger partial charge on any atom is 0.323 e. The summed E-state index contributed by atoms with van der Waals surface area (Å²) in [6.07, 6.45) is -0.0570. The van der Waals surface area contributed by atoms with E-state index in [-0.39, 0.29) is 50.0 Å². The minimum absolute atomic E-state index is 0.0924. The van der Waals surface area contributed by atoms with Gasteiger partial charge in [-0.05, 0) is 53.6 Å². The molecule has 0 aliphatic carbocycles. The minimum Gasteiger partial charge on any atom is -0.496 e. The molecule has 0 aromatic heterocycles. The number of nitrogens with zero attached hydrogens (tertiary/aromatic N) is 1. The van der Waals surface area contributed by atoms with Gasteiger partial charge < -0.3 is 50.1 Å². The Morgan fingerprint density at radius 1 is 0.772 bits per heavy atom. The zero-order chi connectivity index (χ0) is 41.3. The molecular weight excluding hydrogens is 729 g/mol. The fourth-order valence-electron chi connectivity index (χ4n) is 6.56. The van der Waals surface area contributed by atoms with Crippen LogP contribution in [0.4, 0.5) is 0 Å². The van der Waals surface area contributed by atoms with Gasteiger partial charge in [-0.2, -0.15) is 0 Å². The Kier molecular flexibility index (Phi) is 18.1. The highest BCUT2D eigenvalue weighted by molar-refractivity contribution is 5.82. The second-order valence-electron chi connectivity index (χ2n) is 15.0. The lowest BCUT2D eigenvalue weighted by Crippen LogP contribution is -2.59. The number of nitrogens with two attached hydrogens (primary N) is 2. The number of likely N-dealkylation sites (tertiary alicyclic amines) is 1. The van der Waals surface area contributed by atoms with Gasteiger partial charge in [0.2, 0.25) is 11.8 Å². The number of carbonyl (C=O) groups is 3. The van der Waals surface area contributed by atoms with Gasteiger partial charge in [-0.15, -0.1) is 0 Å². The number of esters is 1. The first kappa shape index (κ1) is 45.0. The molecule has 1 fully saturated rings. The molecule has 0 spiro atoms. The normalized spacial score (nSPS) is 17.9. The average molecular weight is 791 g/mol. The van der Waals surface area contributed by atoms with E-state index in [1.165, 1.54) is 6.92 Å². The molecule has 0 radical (unpaired) electrons. The highest BCUT2D eigenvalue weighted by Gasteiger charge is 2.44. The van der Waals surface area contributed by atoms with E-state index in [1.54, 1.807) is 12.0 Å². The van der Waals surface area contributed by atoms with E-state index in [0.29, 0.717) is 50.7 Å². The molecule has 0 bridgehead atoms. The van der Waals surface area contributed by atoms with E-state index in [2.05, 4.69) is 5.32 Å². The van der Waals surface area contributed by atoms with Crippen LogP contribution in [-0.2, 0) is 41.6 Å². The third-order valence-electron chi connectivity index (χ3n) is 10.0. The molecule has 57 heavy (non-hydrogen) atoms. The molecule has 1 aliphatic heterocycles. The van der Waals surface area contributed by atoms with Gasteiger partial charge in [0.05, 0.1) is 58.1 Å². The molecule has 1 aliphatic rings. The van der Waals surface area contributed by atoms with Crippen LogP contribution >= 0.6 is 0 Å². The van der Waals surface area contributed by atoms with Crippen molar-refractivity contribution in [3.63, 3.8) is 0 Å². The van der Waals surface area contributed by atoms with E-state index in [0.717, 1.165) is 22.4 Å². The number of hydrogen-bond acceptors (Lipinski definition) is 11. The molecule has 0 unspecified atom stereocenters. The van der Waals surface area contributed by atoms with Crippen molar-refractivity contribution in [3.05, 3.63) is 89.5 Å². The monoisotopic (exact) mass is 790 g/mol. The molecule has 1 saturated heterocycles. The fraction of sp³-hybridized carbons (Fsp3) is 0.523. The molecule has 0 saturated carbocycles. The van der Waals surface area contributed by atoms with Crippen molar-refractivity contribution in [2.75, 3.05) is 53.2 Å². The van der Waals surface area contributed by atoms with Gasteiger partial charge in [-0.3, -0.25) is 14.4 Å². The van der Waals surface area contributed by atoms with Crippen molar-refractivity contribution in [2.24, 2.45) is 23.3 Å². The predicted octanol–water partition coefficient (Wildman–Crippen LogP) is 4.63. The third-order valence-corrected chi connectivity index (χ3v) is 10.0. The predicted molar refractivity (Wildman–Crippen MR) is 218 cm³/mol. The topological polar surface area (TPSA) is 174 Å². The van der Waals surface area contributed by atoms with Gasteiger partial charge >= 0.3 is 5.97 Å². The number of nitrogens with one attached hydrogen (secondary N) is 1. The molecule has 3 aromatic carbocycles. The van der Waals surface area contributed by atoms with Crippen molar-refractivity contribution in [3.8, 4) is 17.2 Å². The van der Waals surface area contributed by atoms with Crippen molar-refractivity contribution in [2.45, 2.75) is 84.3 Å². The molecule has 2 amide bonds. The minimum atomic E-state index is -0.845. The summed E-state index contributed by atoms with van der Waals surface area (Å²) in [5, 5.41) is 2.82. The van der Waals surface area contributed by atoms with Crippen LogP contribution < -0.4 is 31.0 Å². The maximum absolute atomic E-state index is 13.7. The number of carbonyl (C=O) groups excluding carboxylic acids is 3. The average Bonchev–Trinajstić information content (AvgIpc) is 3.20. The maximum atomic E-state index is 13.7. The van der Waals surface area contributed by atoms with Crippen LogP contribution in [0, 0.1) is 11.8 Å². The van der Waals surface area contributed by atoms with Gasteiger partial charge in [0.1, 0.15) is 36.0 Å². The number of methoxy groups -OCH3 is 1. The summed E-state index contributed by atoms with van der Waals surface area (Å²) in [6, 6.07) is 21.5. The summed E-state index contributed by atoms with van der Waals surface area (Å²) >= 11 is 0. The van der Waals surface area contributed by atoms with E-state index in [4.69, 9.17) is 39.9 Å². The summed E-state index contributed by atoms with van der Waals surface area (Å²) in [4.78, 5) is 40.1. The number of rotatable bonds is 22. The number of hydrogen-bond donors (Lipinski definition) is 3. The number of ether oxygens (including phenoxy) is 6. The molecule has 1 heterocycles. The number of piperidine rings is 1. The van der Waals surface area contributed by atoms with Crippen LogP contribution in [0.5, 0.6) is 17.2 Å². The van der Waals surface area contributed by atoms with Gasteiger partial charge in [0.15, 0.2) is 0 Å². The van der Waals surface area contributed by atoms with Crippen molar-refractivity contribution in [1.82, 2.24) is 10.2 Å². The first-order chi connectivity index (χ1) is 27.4. The van der Waals surface area contributed by atoms with E-state index in [1.807, 2.05) is 100 Å². The summed E-state index contributed by atoms with van der Waals surface area (Å²) in [7, 11) is 1.64. The molecule has 4 rings (SSSR count). The summed E-state index contributed by atoms with van der Waals surface area (Å²) < 4.78 is 36.2.